The number of anilines is 1. The molecule has 0 spiro atoms. The molecular weight excluding hydrogens is 274 g/mol. The summed E-state index contributed by atoms with van der Waals surface area (Å²) in [7, 11) is 2.12. The van der Waals surface area contributed by atoms with E-state index in [1.807, 2.05) is 12.1 Å². The summed E-state index contributed by atoms with van der Waals surface area (Å²) in [5.41, 5.74) is 7.44. The quantitative estimate of drug-likeness (QED) is 0.852. The number of benzene rings is 1. The Kier molecular flexibility index (Phi) is 4.39. The number of hydrogen-bond donors (Lipinski definition) is 1. The fourth-order valence-electron chi connectivity index (χ4n) is 3.90. The predicted octanol–water partition coefficient (Wildman–Crippen LogP) is 2.24. The fraction of sp³-hybridized carbons (Fsp3) is 0.611. The van der Waals surface area contributed by atoms with Crippen LogP contribution in [0.2, 0.25) is 0 Å². The van der Waals surface area contributed by atoms with Crippen molar-refractivity contribution in [2.45, 2.75) is 37.5 Å². The zero-order chi connectivity index (χ0) is 15.6. The maximum atomic E-state index is 13.3. The second kappa shape index (κ2) is 6.29. The molecule has 22 heavy (non-hydrogen) atoms. The van der Waals surface area contributed by atoms with Crippen molar-refractivity contribution in [2.24, 2.45) is 0 Å². The lowest BCUT2D eigenvalue weighted by molar-refractivity contribution is -0.140. The second-order valence-corrected chi connectivity index (χ2v) is 6.86. The lowest BCUT2D eigenvalue weighted by Gasteiger charge is -2.42. The standard InChI is InChI=1S/C18H27N3O/c1-20-11-13-21(14-12-20)17(22)18(9-3-2-4-10-18)15-5-7-16(19)8-6-15/h5-8H,2-4,9-14,19H2,1H3. The van der Waals surface area contributed by atoms with Crippen LogP contribution in [0.3, 0.4) is 0 Å². The Hall–Kier alpha value is -1.55. The first-order valence-corrected chi connectivity index (χ1v) is 8.46. The van der Waals surface area contributed by atoms with Crippen LogP contribution in [0.1, 0.15) is 37.7 Å². The van der Waals surface area contributed by atoms with Gasteiger partial charge in [-0.1, -0.05) is 31.4 Å². The number of likely N-dealkylation sites (N-methyl/N-ethyl adjacent to an activating group) is 1. The number of amides is 1. The summed E-state index contributed by atoms with van der Waals surface area (Å²) in [6.45, 7) is 3.66. The molecule has 1 aliphatic carbocycles. The number of nitrogen functional groups attached to an aromatic ring is 1. The van der Waals surface area contributed by atoms with Gasteiger partial charge in [0.2, 0.25) is 5.91 Å². The minimum atomic E-state index is -0.318. The van der Waals surface area contributed by atoms with E-state index in [0.29, 0.717) is 5.91 Å². The van der Waals surface area contributed by atoms with Gasteiger partial charge in [-0.05, 0) is 37.6 Å². The van der Waals surface area contributed by atoms with Crippen LogP contribution in [0, 0.1) is 0 Å². The Morgan fingerprint density at radius 3 is 2.18 bits per heavy atom. The molecule has 2 N–H and O–H groups in total. The molecule has 1 heterocycles. The van der Waals surface area contributed by atoms with Gasteiger partial charge in [-0.25, -0.2) is 0 Å². The number of hydrogen-bond acceptors (Lipinski definition) is 3. The van der Waals surface area contributed by atoms with E-state index in [2.05, 4.69) is 29.0 Å². The number of nitrogens with zero attached hydrogens (tertiary/aromatic N) is 2. The molecule has 2 aliphatic rings. The Labute approximate surface area is 133 Å². The van der Waals surface area contributed by atoms with Gasteiger partial charge in [0.05, 0.1) is 5.41 Å². The molecular formula is C18H27N3O. The zero-order valence-electron chi connectivity index (χ0n) is 13.6. The number of carbonyl (C=O) groups is 1. The predicted molar refractivity (Wildman–Crippen MR) is 89.7 cm³/mol. The Balaban J connectivity index is 1.88. The molecule has 0 aromatic heterocycles. The second-order valence-electron chi connectivity index (χ2n) is 6.86. The Morgan fingerprint density at radius 1 is 1.00 bits per heavy atom. The lowest BCUT2D eigenvalue weighted by atomic mass is 9.68. The van der Waals surface area contributed by atoms with Crippen molar-refractivity contribution in [3.63, 3.8) is 0 Å². The minimum absolute atomic E-state index is 0.318. The summed E-state index contributed by atoms with van der Waals surface area (Å²) in [6, 6.07) is 8.00. The third-order valence-corrected chi connectivity index (χ3v) is 5.37. The summed E-state index contributed by atoms with van der Waals surface area (Å²) >= 11 is 0. The third kappa shape index (κ3) is 2.84. The third-order valence-electron chi connectivity index (χ3n) is 5.37. The zero-order valence-corrected chi connectivity index (χ0v) is 13.6. The molecule has 0 unspecified atom stereocenters. The molecule has 4 heteroatoms. The molecule has 1 amide bonds. The molecule has 120 valence electrons. The molecule has 1 aliphatic heterocycles. The van der Waals surface area contributed by atoms with Gasteiger partial charge in [0.25, 0.3) is 0 Å². The van der Waals surface area contributed by atoms with Gasteiger partial charge >= 0.3 is 0 Å². The summed E-state index contributed by atoms with van der Waals surface area (Å²) in [6.07, 6.45) is 5.48. The van der Waals surface area contributed by atoms with Gasteiger partial charge in [-0.3, -0.25) is 4.79 Å². The molecule has 1 aromatic rings. The Morgan fingerprint density at radius 2 is 1.59 bits per heavy atom. The maximum absolute atomic E-state index is 13.3. The molecule has 1 aromatic carbocycles. The molecule has 2 fully saturated rings. The highest BCUT2D eigenvalue weighted by Gasteiger charge is 2.43. The fourth-order valence-corrected chi connectivity index (χ4v) is 3.90. The average molecular weight is 301 g/mol. The Bertz CT molecular complexity index is 512. The van der Waals surface area contributed by atoms with Gasteiger partial charge in [0.1, 0.15) is 0 Å². The van der Waals surface area contributed by atoms with E-state index in [0.717, 1.165) is 63.1 Å². The van der Waals surface area contributed by atoms with E-state index in [1.54, 1.807) is 0 Å². The normalized spacial score (nSPS) is 22.5. The maximum Gasteiger partial charge on any atom is 0.233 e. The van der Waals surface area contributed by atoms with Crippen molar-refractivity contribution in [1.29, 1.82) is 0 Å². The summed E-state index contributed by atoms with van der Waals surface area (Å²) in [4.78, 5) is 17.7. The molecule has 0 radical (unpaired) electrons. The van der Waals surface area contributed by atoms with Crippen LogP contribution in [-0.2, 0) is 10.2 Å². The van der Waals surface area contributed by atoms with Crippen molar-refractivity contribution in [3.8, 4) is 0 Å². The van der Waals surface area contributed by atoms with Crippen molar-refractivity contribution >= 4 is 11.6 Å². The van der Waals surface area contributed by atoms with Gasteiger partial charge in [-0.15, -0.1) is 0 Å². The van der Waals surface area contributed by atoms with E-state index in [4.69, 9.17) is 5.73 Å². The van der Waals surface area contributed by atoms with Crippen LogP contribution in [0.15, 0.2) is 24.3 Å². The topological polar surface area (TPSA) is 49.6 Å². The highest BCUT2D eigenvalue weighted by Crippen LogP contribution is 2.41. The van der Waals surface area contributed by atoms with Gasteiger partial charge in [-0.2, -0.15) is 0 Å². The van der Waals surface area contributed by atoms with Crippen LogP contribution in [0.5, 0.6) is 0 Å². The molecule has 3 rings (SSSR count). The first kappa shape index (κ1) is 15.3. The summed E-state index contributed by atoms with van der Waals surface area (Å²) in [5, 5.41) is 0. The SMILES string of the molecule is CN1CCN(C(=O)C2(c3ccc(N)cc3)CCCCC2)CC1. The first-order valence-electron chi connectivity index (χ1n) is 8.46. The largest absolute Gasteiger partial charge is 0.399 e. The van der Waals surface area contributed by atoms with Crippen molar-refractivity contribution in [1.82, 2.24) is 9.80 Å². The van der Waals surface area contributed by atoms with Crippen LogP contribution in [-0.4, -0.2) is 48.9 Å². The molecule has 4 nitrogen and oxygen atoms in total. The van der Waals surface area contributed by atoms with Crippen LogP contribution in [0.25, 0.3) is 0 Å². The molecule has 1 saturated heterocycles. The first-order chi connectivity index (χ1) is 10.6. The number of nitrogens with two attached hydrogens (primary N) is 1. The number of piperazine rings is 1. The van der Waals surface area contributed by atoms with E-state index < -0.39 is 0 Å². The highest BCUT2D eigenvalue weighted by atomic mass is 16.2. The van der Waals surface area contributed by atoms with E-state index in [9.17, 15) is 4.79 Å². The molecule has 0 atom stereocenters. The van der Waals surface area contributed by atoms with Crippen LogP contribution >= 0.6 is 0 Å². The van der Waals surface area contributed by atoms with E-state index in [-0.39, 0.29) is 5.41 Å². The summed E-state index contributed by atoms with van der Waals surface area (Å²) in [5.74, 6) is 0.338. The monoisotopic (exact) mass is 301 g/mol. The van der Waals surface area contributed by atoms with Crippen molar-refractivity contribution in [3.05, 3.63) is 29.8 Å². The van der Waals surface area contributed by atoms with Crippen LogP contribution < -0.4 is 5.73 Å². The lowest BCUT2D eigenvalue weighted by Crippen LogP contribution is -2.54. The van der Waals surface area contributed by atoms with E-state index in [1.165, 1.54) is 6.42 Å². The highest BCUT2D eigenvalue weighted by molar-refractivity contribution is 5.88. The number of carbonyl (C=O) groups excluding carboxylic acids is 1. The molecule has 1 saturated carbocycles. The van der Waals surface area contributed by atoms with Gasteiger partial charge in [0, 0.05) is 31.9 Å². The van der Waals surface area contributed by atoms with Crippen LogP contribution in [0.4, 0.5) is 5.69 Å². The number of rotatable bonds is 2. The van der Waals surface area contributed by atoms with Gasteiger partial charge < -0.3 is 15.5 Å². The van der Waals surface area contributed by atoms with E-state index >= 15 is 0 Å². The van der Waals surface area contributed by atoms with Crippen molar-refractivity contribution < 1.29 is 4.79 Å². The molecule has 0 bridgehead atoms. The average Bonchev–Trinajstić information content (AvgIpc) is 2.56. The smallest absolute Gasteiger partial charge is 0.233 e. The van der Waals surface area contributed by atoms with Crippen molar-refractivity contribution in [2.75, 3.05) is 39.0 Å². The summed E-state index contributed by atoms with van der Waals surface area (Å²) < 4.78 is 0. The van der Waals surface area contributed by atoms with Gasteiger partial charge in [0.15, 0.2) is 0 Å². The minimum Gasteiger partial charge on any atom is -0.399 e.